The first-order valence-corrected chi connectivity index (χ1v) is 5.65. The lowest BCUT2D eigenvalue weighted by molar-refractivity contribution is 0.0639. The smallest absolute Gasteiger partial charge is 0.256 e. The van der Waals surface area contributed by atoms with E-state index in [-0.39, 0.29) is 6.42 Å². The van der Waals surface area contributed by atoms with Gasteiger partial charge in [0.25, 0.3) is 6.43 Å². The number of hydrogen-bond acceptors (Lipinski definition) is 2. The van der Waals surface area contributed by atoms with Crippen molar-refractivity contribution in [3.8, 4) is 5.69 Å². The molecular weight excluding hydrogens is 236 g/mol. The molecule has 1 unspecified atom stereocenters. The molecule has 2 N–H and O–H groups in total. The summed E-state index contributed by atoms with van der Waals surface area (Å²) in [5.74, 6) is 0. The molecule has 2 rings (SSSR count). The lowest BCUT2D eigenvalue weighted by Crippen LogP contribution is -2.45. The van der Waals surface area contributed by atoms with Gasteiger partial charge in [-0.05, 0) is 31.0 Å². The summed E-state index contributed by atoms with van der Waals surface area (Å²) in [4.78, 5) is 0. The minimum atomic E-state index is -2.56. The van der Waals surface area contributed by atoms with Gasteiger partial charge in [0.1, 0.15) is 0 Å². The van der Waals surface area contributed by atoms with Crippen molar-refractivity contribution in [1.29, 1.82) is 0 Å². The van der Waals surface area contributed by atoms with Crippen molar-refractivity contribution < 1.29 is 8.78 Å². The number of rotatable bonds is 4. The van der Waals surface area contributed by atoms with E-state index in [0.717, 1.165) is 5.69 Å². The summed E-state index contributed by atoms with van der Waals surface area (Å²) in [6.07, 6.45) is 0.832. The van der Waals surface area contributed by atoms with Crippen molar-refractivity contribution in [3.05, 3.63) is 48.3 Å². The van der Waals surface area contributed by atoms with Crippen LogP contribution in [0.3, 0.4) is 0 Å². The predicted octanol–water partition coefficient (Wildman–Crippen LogP) is 2.40. The van der Waals surface area contributed by atoms with Gasteiger partial charge in [-0.15, -0.1) is 0 Å². The summed E-state index contributed by atoms with van der Waals surface area (Å²) in [7, 11) is 0. The van der Waals surface area contributed by atoms with Crippen molar-refractivity contribution in [2.24, 2.45) is 5.73 Å². The molecular formula is C13H15F2N3. The molecule has 18 heavy (non-hydrogen) atoms. The number of aromatic nitrogens is 2. The summed E-state index contributed by atoms with van der Waals surface area (Å²) in [5, 5.41) is 4.15. The normalized spacial score (nSPS) is 14.7. The van der Waals surface area contributed by atoms with E-state index in [1.807, 2.05) is 30.3 Å². The Morgan fingerprint density at radius 3 is 2.61 bits per heavy atom. The first-order valence-electron chi connectivity index (χ1n) is 5.65. The third kappa shape index (κ3) is 2.73. The van der Waals surface area contributed by atoms with Crippen LogP contribution in [0, 0.1) is 0 Å². The first-order chi connectivity index (χ1) is 8.49. The lowest BCUT2D eigenvalue weighted by atomic mass is 9.96. The van der Waals surface area contributed by atoms with Crippen LogP contribution in [0.5, 0.6) is 0 Å². The zero-order valence-electron chi connectivity index (χ0n) is 10.1. The molecule has 3 nitrogen and oxygen atoms in total. The fourth-order valence-corrected chi connectivity index (χ4v) is 1.69. The molecule has 1 atom stereocenters. The fraction of sp³-hybridized carbons (Fsp3) is 0.308. The number of nitrogens with two attached hydrogens (primary N) is 1. The maximum absolute atomic E-state index is 12.7. The molecule has 0 fully saturated rings. The van der Waals surface area contributed by atoms with Crippen LogP contribution < -0.4 is 5.73 Å². The monoisotopic (exact) mass is 251 g/mol. The highest BCUT2D eigenvalue weighted by atomic mass is 19.3. The van der Waals surface area contributed by atoms with E-state index in [2.05, 4.69) is 5.10 Å². The van der Waals surface area contributed by atoms with Gasteiger partial charge in [-0.25, -0.2) is 13.5 Å². The molecule has 0 spiro atoms. The van der Waals surface area contributed by atoms with Gasteiger partial charge in [0.15, 0.2) is 0 Å². The van der Waals surface area contributed by atoms with Crippen LogP contribution in [0.25, 0.3) is 5.69 Å². The lowest BCUT2D eigenvalue weighted by Gasteiger charge is -2.22. The highest BCUT2D eigenvalue weighted by molar-refractivity contribution is 5.31. The molecule has 0 radical (unpaired) electrons. The Balaban J connectivity index is 2.17. The minimum absolute atomic E-state index is 0.0947. The first kappa shape index (κ1) is 12.7. The Hall–Kier alpha value is -1.75. The molecule has 0 bridgehead atoms. The zero-order valence-corrected chi connectivity index (χ0v) is 10.1. The maximum Gasteiger partial charge on any atom is 0.256 e. The fourth-order valence-electron chi connectivity index (χ4n) is 1.69. The van der Waals surface area contributed by atoms with Gasteiger partial charge in [0, 0.05) is 6.20 Å². The second-order valence-electron chi connectivity index (χ2n) is 4.61. The SMILES string of the molecule is CC(N)(Cc1cnn(-c2ccccc2)c1)C(F)F. The second kappa shape index (κ2) is 4.86. The minimum Gasteiger partial charge on any atom is -0.320 e. The Kier molecular flexibility index (Phi) is 3.43. The van der Waals surface area contributed by atoms with Gasteiger partial charge >= 0.3 is 0 Å². The van der Waals surface area contributed by atoms with E-state index in [0.29, 0.717) is 5.56 Å². The number of benzene rings is 1. The van der Waals surface area contributed by atoms with Crippen LogP contribution in [0.1, 0.15) is 12.5 Å². The van der Waals surface area contributed by atoms with Crippen molar-refractivity contribution in [3.63, 3.8) is 0 Å². The highest BCUT2D eigenvalue weighted by Crippen LogP contribution is 2.18. The summed E-state index contributed by atoms with van der Waals surface area (Å²) in [5.41, 5.74) is 5.62. The molecule has 0 aliphatic rings. The van der Waals surface area contributed by atoms with Gasteiger partial charge in [-0.3, -0.25) is 0 Å². The average molecular weight is 251 g/mol. The average Bonchev–Trinajstić information content (AvgIpc) is 2.78. The Labute approximate surface area is 104 Å². The molecule has 5 heteroatoms. The molecule has 0 amide bonds. The highest BCUT2D eigenvalue weighted by Gasteiger charge is 2.30. The van der Waals surface area contributed by atoms with Crippen molar-refractivity contribution >= 4 is 0 Å². The van der Waals surface area contributed by atoms with Crippen LogP contribution in [0.2, 0.25) is 0 Å². The summed E-state index contributed by atoms with van der Waals surface area (Å²) in [6.45, 7) is 1.34. The molecule has 1 aromatic heterocycles. The maximum atomic E-state index is 12.7. The molecule has 96 valence electrons. The number of nitrogens with zero attached hydrogens (tertiary/aromatic N) is 2. The van der Waals surface area contributed by atoms with E-state index in [1.54, 1.807) is 17.1 Å². The van der Waals surface area contributed by atoms with E-state index < -0.39 is 12.0 Å². The van der Waals surface area contributed by atoms with Gasteiger partial charge in [0.05, 0.1) is 17.4 Å². The molecule has 1 heterocycles. The van der Waals surface area contributed by atoms with Crippen LogP contribution >= 0.6 is 0 Å². The van der Waals surface area contributed by atoms with Gasteiger partial charge in [-0.1, -0.05) is 18.2 Å². The topological polar surface area (TPSA) is 43.8 Å². The largest absolute Gasteiger partial charge is 0.320 e. The number of alkyl halides is 2. The molecule has 0 saturated carbocycles. The van der Waals surface area contributed by atoms with E-state index in [9.17, 15) is 8.78 Å². The molecule has 2 aromatic rings. The van der Waals surface area contributed by atoms with Gasteiger partial charge < -0.3 is 5.73 Å². The van der Waals surface area contributed by atoms with Crippen molar-refractivity contribution in [1.82, 2.24) is 9.78 Å². The molecule has 0 aliphatic carbocycles. The standard InChI is InChI=1S/C13H15F2N3/c1-13(16,12(14)15)7-10-8-17-18(9-10)11-5-3-2-4-6-11/h2-6,8-9,12H,7,16H2,1H3. The molecule has 0 saturated heterocycles. The Morgan fingerprint density at radius 2 is 2.00 bits per heavy atom. The van der Waals surface area contributed by atoms with Gasteiger partial charge in [0.2, 0.25) is 0 Å². The third-order valence-electron chi connectivity index (χ3n) is 2.74. The van der Waals surface area contributed by atoms with Gasteiger partial charge in [-0.2, -0.15) is 5.10 Å². The zero-order chi connectivity index (χ0) is 13.2. The summed E-state index contributed by atoms with van der Waals surface area (Å²) < 4.78 is 27.0. The second-order valence-corrected chi connectivity index (χ2v) is 4.61. The predicted molar refractivity (Wildman–Crippen MR) is 65.9 cm³/mol. The Bertz CT molecular complexity index is 506. The van der Waals surface area contributed by atoms with Crippen LogP contribution in [-0.4, -0.2) is 21.7 Å². The number of halogens is 2. The van der Waals surface area contributed by atoms with E-state index in [4.69, 9.17) is 5.73 Å². The number of para-hydroxylation sites is 1. The van der Waals surface area contributed by atoms with Crippen molar-refractivity contribution in [2.75, 3.05) is 0 Å². The molecule has 1 aromatic carbocycles. The van der Waals surface area contributed by atoms with Crippen LogP contribution in [0.15, 0.2) is 42.7 Å². The van der Waals surface area contributed by atoms with Crippen LogP contribution in [0.4, 0.5) is 8.78 Å². The number of hydrogen-bond donors (Lipinski definition) is 1. The quantitative estimate of drug-likeness (QED) is 0.906. The Morgan fingerprint density at radius 1 is 1.33 bits per heavy atom. The summed E-state index contributed by atoms with van der Waals surface area (Å²) >= 11 is 0. The van der Waals surface area contributed by atoms with E-state index in [1.165, 1.54) is 6.92 Å². The van der Waals surface area contributed by atoms with Crippen molar-refractivity contribution in [2.45, 2.75) is 25.3 Å². The van der Waals surface area contributed by atoms with Crippen LogP contribution in [-0.2, 0) is 6.42 Å². The third-order valence-corrected chi connectivity index (χ3v) is 2.74. The van der Waals surface area contributed by atoms with E-state index >= 15 is 0 Å². The molecule has 0 aliphatic heterocycles. The summed E-state index contributed by atoms with van der Waals surface area (Å²) in [6, 6.07) is 9.48.